The highest BCUT2D eigenvalue weighted by atomic mass is 15.2. The molecular weight excluding hydrogens is 234 g/mol. The number of rotatable bonds is 4. The van der Waals surface area contributed by atoms with Crippen LogP contribution >= 0.6 is 0 Å². The normalized spacial score (nSPS) is 15.2. The zero-order valence-corrected chi connectivity index (χ0v) is 12.8. The van der Waals surface area contributed by atoms with Crippen molar-refractivity contribution in [2.75, 3.05) is 11.9 Å². The first kappa shape index (κ1) is 14.3. The summed E-state index contributed by atoms with van der Waals surface area (Å²) >= 11 is 0. The van der Waals surface area contributed by atoms with Crippen molar-refractivity contribution < 1.29 is 0 Å². The van der Waals surface area contributed by atoms with Gasteiger partial charge in [-0.2, -0.15) is 0 Å². The van der Waals surface area contributed by atoms with E-state index >= 15 is 0 Å². The zero-order valence-electron chi connectivity index (χ0n) is 12.8. The first-order valence-electron chi connectivity index (χ1n) is 7.45. The first-order chi connectivity index (χ1) is 8.99. The number of aromatic nitrogens is 1. The molecule has 0 saturated carbocycles. The van der Waals surface area contributed by atoms with Gasteiger partial charge < -0.3 is 10.6 Å². The van der Waals surface area contributed by atoms with Crippen LogP contribution in [0.15, 0.2) is 6.07 Å². The van der Waals surface area contributed by atoms with Crippen LogP contribution < -0.4 is 10.6 Å². The Kier molecular flexibility index (Phi) is 4.14. The standard InChI is InChI=1S/C16H27N3/c1-5-16(2,3)19(4)15-13(11-17)10-12-8-6-7-9-14(12)18-15/h10H,5-9,11,17H2,1-4H3. The van der Waals surface area contributed by atoms with Gasteiger partial charge in [0.25, 0.3) is 0 Å². The fraction of sp³-hybridized carbons (Fsp3) is 0.688. The Morgan fingerprint density at radius 1 is 1.32 bits per heavy atom. The summed E-state index contributed by atoms with van der Waals surface area (Å²) in [7, 11) is 2.14. The van der Waals surface area contributed by atoms with Gasteiger partial charge >= 0.3 is 0 Å². The van der Waals surface area contributed by atoms with Crippen molar-refractivity contribution in [1.82, 2.24) is 4.98 Å². The smallest absolute Gasteiger partial charge is 0.133 e. The van der Waals surface area contributed by atoms with E-state index in [1.165, 1.54) is 29.7 Å². The third-order valence-corrected chi connectivity index (χ3v) is 4.67. The number of anilines is 1. The molecule has 1 aliphatic carbocycles. The highest BCUT2D eigenvalue weighted by Crippen LogP contribution is 2.30. The van der Waals surface area contributed by atoms with Gasteiger partial charge in [0.15, 0.2) is 0 Å². The van der Waals surface area contributed by atoms with Crippen molar-refractivity contribution in [2.45, 2.75) is 65.0 Å². The monoisotopic (exact) mass is 261 g/mol. The van der Waals surface area contributed by atoms with Crippen LogP contribution in [-0.2, 0) is 19.4 Å². The molecule has 2 N–H and O–H groups in total. The van der Waals surface area contributed by atoms with Crippen molar-refractivity contribution in [3.05, 3.63) is 22.9 Å². The van der Waals surface area contributed by atoms with Crippen LogP contribution in [0.2, 0.25) is 0 Å². The number of pyridine rings is 1. The number of hydrogen-bond donors (Lipinski definition) is 1. The summed E-state index contributed by atoms with van der Waals surface area (Å²) in [6.07, 6.45) is 5.92. The second-order valence-corrected chi connectivity index (χ2v) is 6.21. The fourth-order valence-corrected chi connectivity index (χ4v) is 2.63. The second-order valence-electron chi connectivity index (χ2n) is 6.21. The summed E-state index contributed by atoms with van der Waals surface area (Å²) in [5, 5.41) is 0. The largest absolute Gasteiger partial charge is 0.354 e. The molecule has 1 heterocycles. The van der Waals surface area contributed by atoms with Gasteiger partial charge in [-0.05, 0) is 57.6 Å². The summed E-state index contributed by atoms with van der Waals surface area (Å²) in [6, 6.07) is 2.29. The number of fused-ring (bicyclic) bond motifs is 1. The van der Waals surface area contributed by atoms with Crippen molar-refractivity contribution in [3.8, 4) is 0 Å². The Morgan fingerprint density at radius 2 is 2.00 bits per heavy atom. The van der Waals surface area contributed by atoms with Crippen LogP contribution in [0.4, 0.5) is 5.82 Å². The lowest BCUT2D eigenvalue weighted by atomic mass is 9.93. The first-order valence-corrected chi connectivity index (χ1v) is 7.45. The summed E-state index contributed by atoms with van der Waals surface area (Å²) in [6.45, 7) is 7.31. The van der Waals surface area contributed by atoms with Gasteiger partial charge in [0.1, 0.15) is 5.82 Å². The van der Waals surface area contributed by atoms with Gasteiger partial charge in [-0.15, -0.1) is 0 Å². The molecule has 106 valence electrons. The molecule has 0 fully saturated rings. The topological polar surface area (TPSA) is 42.2 Å². The SMILES string of the molecule is CCC(C)(C)N(C)c1nc2c(cc1CN)CCCC2. The third kappa shape index (κ3) is 2.76. The molecule has 0 atom stereocenters. The zero-order chi connectivity index (χ0) is 14.0. The summed E-state index contributed by atoms with van der Waals surface area (Å²) < 4.78 is 0. The van der Waals surface area contributed by atoms with Crippen LogP contribution in [0, 0.1) is 0 Å². The van der Waals surface area contributed by atoms with Gasteiger partial charge in [0, 0.05) is 30.4 Å². The number of aryl methyl sites for hydroxylation is 2. The molecule has 3 nitrogen and oxygen atoms in total. The molecule has 0 unspecified atom stereocenters. The molecule has 1 aliphatic rings. The molecule has 0 aliphatic heterocycles. The Morgan fingerprint density at radius 3 is 2.63 bits per heavy atom. The summed E-state index contributed by atoms with van der Waals surface area (Å²) in [5.41, 5.74) is 9.94. The van der Waals surface area contributed by atoms with Crippen LogP contribution in [-0.4, -0.2) is 17.6 Å². The molecule has 0 saturated heterocycles. The third-order valence-electron chi connectivity index (χ3n) is 4.67. The molecule has 0 aromatic carbocycles. The van der Waals surface area contributed by atoms with Crippen molar-refractivity contribution in [1.29, 1.82) is 0 Å². The Balaban J connectivity index is 2.44. The van der Waals surface area contributed by atoms with Crippen molar-refractivity contribution >= 4 is 5.82 Å². The lowest BCUT2D eigenvalue weighted by Crippen LogP contribution is -2.42. The Labute approximate surface area is 117 Å². The minimum Gasteiger partial charge on any atom is -0.354 e. The summed E-state index contributed by atoms with van der Waals surface area (Å²) in [4.78, 5) is 7.24. The maximum Gasteiger partial charge on any atom is 0.133 e. The minimum atomic E-state index is 0.111. The molecular formula is C16H27N3. The second kappa shape index (κ2) is 5.49. The van der Waals surface area contributed by atoms with E-state index in [2.05, 4.69) is 38.8 Å². The highest BCUT2D eigenvalue weighted by molar-refractivity contribution is 5.51. The van der Waals surface area contributed by atoms with Crippen molar-refractivity contribution in [2.24, 2.45) is 5.73 Å². The molecule has 0 amide bonds. The molecule has 19 heavy (non-hydrogen) atoms. The van der Waals surface area contributed by atoms with E-state index in [9.17, 15) is 0 Å². The van der Waals surface area contributed by atoms with Gasteiger partial charge in [-0.25, -0.2) is 4.98 Å². The average Bonchev–Trinajstić information content (AvgIpc) is 2.44. The van der Waals surface area contributed by atoms with E-state index in [-0.39, 0.29) is 5.54 Å². The van der Waals surface area contributed by atoms with E-state index in [1.807, 2.05) is 0 Å². The fourth-order valence-electron chi connectivity index (χ4n) is 2.63. The van der Waals surface area contributed by atoms with Gasteiger partial charge in [0.2, 0.25) is 0 Å². The number of nitrogens with two attached hydrogens (primary N) is 1. The average molecular weight is 261 g/mol. The molecule has 0 bridgehead atoms. The van der Waals surface area contributed by atoms with Crippen LogP contribution in [0.1, 0.15) is 56.9 Å². The quantitative estimate of drug-likeness (QED) is 0.906. The molecule has 3 heteroatoms. The number of hydrogen-bond acceptors (Lipinski definition) is 3. The Hall–Kier alpha value is -1.09. The minimum absolute atomic E-state index is 0.111. The van der Waals surface area contributed by atoms with E-state index in [4.69, 9.17) is 10.7 Å². The van der Waals surface area contributed by atoms with E-state index < -0.39 is 0 Å². The number of nitrogens with zero attached hydrogens (tertiary/aromatic N) is 2. The van der Waals surface area contributed by atoms with Crippen LogP contribution in [0.3, 0.4) is 0 Å². The molecule has 0 radical (unpaired) electrons. The lowest BCUT2D eigenvalue weighted by Gasteiger charge is -2.37. The molecule has 0 spiro atoms. The van der Waals surface area contributed by atoms with Crippen LogP contribution in [0.5, 0.6) is 0 Å². The summed E-state index contributed by atoms with van der Waals surface area (Å²) in [5.74, 6) is 1.08. The highest BCUT2D eigenvalue weighted by Gasteiger charge is 2.25. The Bertz CT molecular complexity index is 452. The maximum absolute atomic E-state index is 5.94. The maximum atomic E-state index is 5.94. The molecule has 1 aromatic heterocycles. The van der Waals surface area contributed by atoms with Gasteiger partial charge in [0.05, 0.1) is 0 Å². The van der Waals surface area contributed by atoms with E-state index in [0.29, 0.717) is 6.54 Å². The van der Waals surface area contributed by atoms with Crippen molar-refractivity contribution in [3.63, 3.8) is 0 Å². The van der Waals surface area contributed by atoms with E-state index in [1.54, 1.807) is 0 Å². The predicted molar refractivity (Wildman–Crippen MR) is 81.5 cm³/mol. The molecule has 1 aromatic rings. The van der Waals surface area contributed by atoms with Gasteiger partial charge in [-0.3, -0.25) is 0 Å². The lowest BCUT2D eigenvalue weighted by molar-refractivity contribution is 0.465. The van der Waals surface area contributed by atoms with Crippen LogP contribution in [0.25, 0.3) is 0 Å². The van der Waals surface area contributed by atoms with E-state index in [0.717, 1.165) is 25.1 Å². The molecule has 2 rings (SSSR count). The predicted octanol–water partition coefficient (Wildman–Crippen LogP) is 3.04. The van der Waals surface area contributed by atoms with Gasteiger partial charge in [-0.1, -0.05) is 6.92 Å².